The van der Waals surface area contributed by atoms with E-state index in [2.05, 4.69) is 10.6 Å². The summed E-state index contributed by atoms with van der Waals surface area (Å²) in [5.41, 5.74) is 1.88. The molecular weight excluding hydrogens is 176 g/mol. The Morgan fingerprint density at radius 1 is 1.29 bits per heavy atom. The number of hydrogen-bond donors (Lipinski definition) is 2. The first kappa shape index (κ1) is 9.37. The number of rotatable bonds is 2. The first-order valence-corrected chi connectivity index (χ1v) is 4.90. The molecule has 0 aromatic heterocycles. The van der Waals surface area contributed by atoms with Crippen LogP contribution < -0.4 is 10.6 Å². The van der Waals surface area contributed by atoms with Crippen molar-refractivity contribution >= 4 is 6.29 Å². The molecule has 0 spiro atoms. The van der Waals surface area contributed by atoms with Gasteiger partial charge < -0.3 is 10.6 Å². The molecule has 0 amide bonds. The van der Waals surface area contributed by atoms with E-state index in [0.29, 0.717) is 0 Å². The highest BCUT2D eigenvalue weighted by molar-refractivity contribution is 5.77. The monoisotopic (exact) mass is 190 g/mol. The second-order valence-electron chi connectivity index (χ2n) is 3.46. The average molecular weight is 190 g/mol. The van der Waals surface area contributed by atoms with E-state index >= 15 is 0 Å². The van der Waals surface area contributed by atoms with E-state index in [4.69, 9.17) is 0 Å². The summed E-state index contributed by atoms with van der Waals surface area (Å²) in [5.74, 6) is 0. The predicted molar refractivity (Wildman–Crippen MR) is 55.4 cm³/mol. The number of hydrogen-bond acceptors (Lipinski definition) is 3. The quantitative estimate of drug-likeness (QED) is 0.676. The maximum Gasteiger partial charge on any atom is 0.150 e. The van der Waals surface area contributed by atoms with E-state index in [1.807, 2.05) is 24.3 Å². The molecule has 2 N–H and O–H groups in total. The highest BCUT2D eigenvalue weighted by Crippen LogP contribution is 2.16. The van der Waals surface area contributed by atoms with Crippen LogP contribution >= 0.6 is 0 Å². The van der Waals surface area contributed by atoms with Gasteiger partial charge in [0.05, 0.1) is 0 Å². The first-order chi connectivity index (χ1) is 6.92. The van der Waals surface area contributed by atoms with Crippen LogP contribution in [0.1, 0.15) is 22.0 Å². The Morgan fingerprint density at radius 3 is 2.86 bits per heavy atom. The Hall–Kier alpha value is -1.19. The van der Waals surface area contributed by atoms with Crippen molar-refractivity contribution in [3.63, 3.8) is 0 Å². The molecule has 0 radical (unpaired) electrons. The lowest BCUT2D eigenvalue weighted by atomic mass is 10.00. The zero-order chi connectivity index (χ0) is 9.80. The molecule has 0 bridgehead atoms. The van der Waals surface area contributed by atoms with Gasteiger partial charge in [-0.1, -0.05) is 24.3 Å². The molecule has 14 heavy (non-hydrogen) atoms. The SMILES string of the molecule is O=Cc1ccccc1C1CNCCN1. The van der Waals surface area contributed by atoms with Gasteiger partial charge in [-0.15, -0.1) is 0 Å². The average Bonchev–Trinajstić information content (AvgIpc) is 2.30. The van der Waals surface area contributed by atoms with Gasteiger partial charge in [0.25, 0.3) is 0 Å². The number of aldehydes is 1. The van der Waals surface area contributed by atoms with Crippen molar-refractivity contribution in [1.29, 1.82) is 0 Å². The molecule has 1 aliphatic heterocycles. The van der Waals surface area contributed by atoms with E-state index in [0.717, 1.165) is 37.0 Å². The summed E-state index contributed by atoms with van der Waals surface area (Å²) in [6, 6.07) is 8.00. The van der Waals surface area contributed by atoms with Crippen molar-refractivity contribution in [2.45, 2.75) is 6.04 Å². The second kappa shape index (κ2) is 4.35. The summed E-state index contributed by atoms with van der Waals surface area (Å²) in [6.07, 6.45) is 0.922. The van der Waals surface area contributed by atoms with E-state index in [9.17, 15) is 4.79 Å². The molecule has 1 atom stereocenters. The molecule has 1 heterocycles. The maximum atomic E-state index is 10.8. The summed E-state index contributed by atoms with van der Waals surface area (Å²) in [4.78, 5) is 10.8. The van der Waals surface area contributed by atoms with Gasteiger partial charge in [-0.25, -0.2) is 0 Å². The number of piperazine rings is 1. The molecular formula is C11H14N2O. The van der Waals surface area contributed by atoms with Crippen LogP contribution in [0.3, 0.4) is 0 Å². The molecule has 0 aliphatic carbocycles. The number of carbonyl (C=O) groups excluding carboxylic acids is 1. The standard InChI is InChI=1S/C11H14N2O/c14-8-9-3-1-2-4-10(9)11-7-12-5-6-13-11/h1-4,8,11-13H,5-7H2. The van der Waals surface area contributed by atoms with Gasteiger partial charge >= 0.3 is 0 Å². The summed E-state index contributed by atoms with van der Waals surface area (Å²) in [7, 11) is 0. The molecule has 1 saturated heterocycles. The zero-order valence-corrected chi connectivity index (χ0v) is 7.99. The second-order valence-corrected chi connectivity index (χ2v) is 3.46. The minimum absolute atomic E-state index is 0.269. The topological polar surface area (TPSA) is 41.1 Å². The summed E-state index contributed by atoms with van der Waals surface area (Å²) in [5, 5.41) is 6.69. The van der Waals surface area contributed by atoms with Crippen molar-refractivity contribution < 1.29 is 4.79 Å². The molecule has 1 unspecified atom stereocenters. The fourth-order valence-electron chi connectivity index (χ4n) is 1.81. The molecule has 3 nitrogen and oxygen atoms in total. The fraction of sp³-hybridized carbons (Fsp3) is 0.364. The van der Waals surface area contributed by atoms with Crippen molar-refractivity contribution in [1.82, 2.24) is 10.6 Å². The van der Waals surface area contributed by atoms with Crippen LogP contribution in [0, 0.1) is 0 Å². The van der Waals surface area contributed by atoms with E-state index in [1.54, 1.807) is 0 Å². The van der Waals surface area contributed by atoms with Gasteiger partial charge in [0.2, 0.25) is 0 Å². The van der Waals surface area contributed by atoms with Crippen molar-refractivity contribution in [2.24, 2.45) is 0 Å². The molecule has 1 aromatic carbocycles. The third kappa shape index (κ3) is 1.84. The Kier molecular flexibility index (Phi) is 2.91. The van der Waals surface area contributed by atoms with Crippen molar-refractivity contribution in [3.05, 3.63) is 35.4 Å². The van der Waals surface area contributed by atoms with E-state index < -0.39 is 0 Å². The number of nitrogens with one attached hydrogen (secondary N) is 2. The summed E-state index contributed by atoms with van der Waals surface area (Å²) >= 11 is 0. The third-order valence-corrected chi connectivity index (χ3v) is 2.54. The van der Waals surface area contributed by atoms with Crippen LogP contribution in [-0.4, -0.2) is 25.9 Å². The van der Waals surface area contributed by atoms with Crippen molar-refractivity contribution in [2.75, 3.05) is 19.6 Å². The largest absolute Gasteiger partial charge is 0.314 e. The third-order valence-electron chi connectivity index (χ3n) is 2.54. The number of carbonyl (C=O) groups is 1. The lowest BCUT2D eigenvalue weighted by Crippen LogP contribution is -2.42. The van der Waals surface area contributed by atoms with Crippen LogP contribution in [0.25, 0.3) is 0 Å². The zero-order valence-electron chi connectivity index (χ0n) is 7.99. The van der Waals surface area contributed by atoms with E-state index in [-0.39, 0.29) is 6.04 Å². The lowest BCUT2D eigenvalue weighted by Gasteiger charge is -2.25. The molecule has 0 saturated carbocycles. The molecule has 1 aliphatic rings. The van der Waals surface area contributed by atoms with Crippen LogP contribution in [0.5, 0.6) is 0 Å². The van der Waals surface area contributed by atoms with Crippen LogP contribution in [0.2, 0.25) is 0 Å². The van der Waals surface area contributed by atoms with E-state index in [1.165, 1.54) is 0 Å². The van der Waals surface area contributed by atoms with Gasteiger partial charge in [-0.3, -0.25) is 4.79 Å². The van der Waals surface area contributed by atoms with Gasteiger partial charge in [-0.2, -0.15) is 0 Å². The molecule has 2 rings (SSSR count). The van der Waals surface area contributed by atoms with Crippen LogP contribution in [0.15, 0.2) is 24.3 Å². The van der Waals surface area contributed by atoms with Gasteiger partial charge in [0.1, 0.15) is 6.29 Å². The smallest absolute Gasteiger partial charge is 0.150 e. The Morgan fingerprint density at radius 2 is 2.14 bits per heavy atom. The highest BCUT2D eigenvalue weighted by Gasteiger charge is 2.16. The minimum Gasteiger partial charge on any atom is -0.314 e. The van der Waals surface area contributed by atoms with Crippen molar-refractivity contribution in [3.8, 4) is 0 Å². The normalized spacial score (nSPS) is 21.9. The van der Waals surface area contributed by atoms with Gasteiger partial charge in [0.15, 0.2) is 0 Å². The Balaban J connectivity index is 2.24. The van der Waals surface area contributed by atoms with Crippen LogP contribution in [0.4, 0.5) is 0 Å². The molecule has 74 valence electrons. The molecule has 3 heteroatoms. The first-order valence-electron chi connectivity index (χ1n) is 4.90. The Labute approximate surface area is 83.5 Å². The molecule has 1 fully saturated rings. The van der Waals surface area contributed by atoms with Gasteiger partial charge in [-0.05, 0) is 5.56 Å². The van der Waals surface area contributed by atoms with Crippen LogP contribution in [-0.2, 0) is 0 Å². The maximum absolute atomic E-state index is 10.8. The fourth-order valence-corrected chi connectivity index (χ4v) is 1.81. The van der Waals surface area contributed by atoms with Gasteiger partial charge in [0, 0.05) is 31.2 Å². The number of benzene rings is 1. The minimum atomic E-state index is 0.269. The summed E-state index contributed by atoms with van der Waals surface area (Å²) in [6.45, 7) is 2.85. The Bertz CT molecular complexity index is 319. The highest BCUT2D eigenvalue weighted by atomic mass is 16.1. The predicted octanol–water partition coefficient (Wildman–Crippen LogP) is 0.733. The summed E-state index contributed by atoms with van der Waals surface area (Å²) < 4.78 is 0. The lowest BCUT2D eigenvalue weighted by molar-refractivity contribution is 0.112. The molecule has 1 aromatic rings.